The van der Waals surface area contributed by atoms with E-state index in [9.17, 15) is 4.79 Å². The zero-order chi connectivity index (χ0) is 15.2. The molecule has 1 atom stereocenters. The molecule has 6 heteroatoms. The van der Waals surface area contributed by atoms with Gasteiger partial charge in [-0.3, -0.25) is 0 Å². The van der Waals surface area contributed by atoms with Gasteiger partial charge in [0.15, 0.2) is 0 Å². The highest BCUT2D eigenvalue weighted by molar-refractivity contribution is 5.85. The van der Waals surface area contributed by atoms with Crippen molar-refractivity contribution in [1.29, 1.82) is 0 Å². The van der Waals surface area contributed by atoms with Crippen molar-refractivity contribution in [2.45, 2.75) is 45.2 Å². The Balaban J connectivity index is 2.15. The summed E-state index contributed by atoms with van der Waals surface area (Å²) in [5.41, 5.74) is 0. The Kier molecular flexibility index (Phi) is 5.50. The molecule has 1 aromatic rings. The minimum absolute atomic E-state index is 0.109. The maximum Gasteiger partial charge on any atom is 0.376 e. The van der Waals surface area contributed by atoms with Crippen LogP contribution in [0.15, 0.2) is 12.3 Å². The van der Waals surface area contributed by atoms with Crippen LogP contribution in [0.3, 0.4) is 0 Å². The van der Waals surface area contributed by atoms with Gasteiger partial charge in [-0.2, -0.15) is 0 Å². The van der Waals surface area contributed by atoms with Gasteiger partial charge in [0, 0.05) is 24.8 Å². The first-order chi connectivity index (χ1) is 10.1. The van der Waals surface area contributed by atoms with Crippen LogP contribution in [0.4, 0.5) is 5.82 Å². The van der Waals surface area contributed by atoms with Gasteiger partial charge in [-0.1, -0.05) is 6.42 Å². The summed E-state index contributed by atoms with van der Waals surface area (Å²) in [4.78, 5) is 22.1. The molecule has 0 aliphatic carbocycles. The number of ether oxygens (including phenoxy) is 1. The minimum Gasteiger partial charge on any atom is -0.463 e. The molecule has 6 nitrogen and oxygen atoms in total. The summed E-state index contributed by atoms with van der Waals surface area (Å²) in [6.45, 7) is 6.22. The second-order valence-corrected chi connectivity index (χ2v) is 5.62. The number of hydrogen-bond donors (Lipinski definition) is 1. The highest BCUT2D eigenvalue weighted by Gasteiger charge is 2.21. The van der Waals surface area contributed by atoms with Gasteiger partial charge in [0.2, 0.25) is 5.82 Å². The van der Waals surface area contributed by atoms with E-state index in [2.05, 4.69) is 38.8 Å². The zero-order valence-electron chi connectivity index (χ0n) is 13.0. The van der Waals surface area contributed by atoms with E-state index in [1.165, 1.54) is 26.4 Å². The highest BCUT2D eigenvalue weighted by atomic mass is 16.5. The third kappa shape index (κ3) is 4.14. The van der Waals surface area contributed by atoms with E-state index in [0.717, 1.165) is 18.9 Å². The number of piperidine rings is 1. The van der Waals surface area contributed by atoms with E-state index in [-0.39, 0.29) is 5.82 Å². The van der Waals surface area contributed by atoms with Crippen LogP contribution in [0, 0.1) is 0 Å². The SMILES string of the molecule is COC(=O)c1nccc(N(CC2CCCCN2)C(C)C)n1. The second-order valence-electron chi connectivity index (χ2n) is 5.62. The predicted octanol–water partition coefficient (Wildman–Crippen LogP) is 1.62. The molecule has 1 aromatic heterocycles. The van der Waals surface area contributed by atoms with Crippen molar-refractivity contribution >= 4 is 11.8 Å². The lowest BCUT2D eigenvalue weighted by atomic mass is 10.0. The average Bonchev–Trinajstić information content (AvgIpc) is 2.52. The maximum absolute atomic E-state index is 11.6. The van der Waals surface area contributed by atoms with Crippen molar-refractivity contribution in [3.63, 3.8) is 0 Å². The molecule has 0 aromatic carbocycles. The zero-order valence-corrected chi connectivity index (χ0v) is 13.0. The summed E-state index contributed by atoms with van der Waals surface area (Å²) < 4.78 is 4.69. The Bertz CT molecular complexity index is 472. The molecule has 1 saturated heterocycles. The number of carbonyl (C=O) groups excluding carboxylic acids is 1. The fourth-order valence-electron chi connectivity index (χ4n) is 2.58. The number of hydrogen-bond acceptors (Lipinski definition) is 6. The normalized spacial score (nSPS) is 18.6. The monoisotopic (exact) mass is 292 g/mol. The molecule has 21 heavy (non-hydrogen) atoms. The van der Waals surface area contributed by atoms with Gasteiger partial charge in [-0.15, -0.1) is 0 Å². The molecular weight excluding hydrogens is 268 g/mol. The van der Waals surface area contributed by atoms with Gasteiger partial charge >= 0.3 is 5.97 Å². The van der Waals surface area contributed by atoms with E-state index < -0.39 is 5.97 Å². The second kappa shape index (κ2) is 7.36. The molecule has 0 bridgehead atoms. The fourth-order valence-corrected chi connectivity index (χ4v) is 2.58. The number of rotatable bonds is 5. The number of esters is 1. The van der Waals surface area contributed by atoms with Crippen LogP contribution in [0.5, 0.6) is 0 Å². The molecule has 1 N–H and O–H groups in total. The van der Waals surface area contributed by atoms with Crippen LogP contribution in [-0.4, -0.2) is 48.2 Å². The fraction of sp³-hybridized carbons (Fsp3) is 0.667. The number of nitrogens with one attached hydrogen (secondary N) is 1. The van der Waals surface area contributed by atoms with Gasteiger partial charge in [0.25, 0.3) is 0 Å². The Morgan fingerprint density at radius 3 is 2.95 bits per heavy atom. The van der Waals surface area contributed by atoms with Crippen LogP contribution in [-0.2, 0) is 4.74 Å². The number of methoxy groups -OCH3 is 1. The number of aromatic nitrogens is 2. The summed E-state index contributed by atoms with van der Waals surface area (Å²) in [5.74, 6) is 0.376. The number of nitrogens with zero attached hydrogens (tertiary/aromatic N) is 3. The molecule has 116 valence electrons. The van der Waals surface area contributed by atoms with Crippen molar-refractivity contribution in [2.24, 2.45) is 0 Å². The van der Waals surface area contributed by atoms with Gasteiger partial charge in [0.1, 0.15) is 5.82 Å². The summed E-state index contributed by atoms with van der Waals surface area (Å²) in [7, 11) is 1.34. The first-order valence-corrected chi connectivity index (χ1v) is 7.53. The van der Waals surface area contributed by atoms with Crippen LogP contribution in [0.25, 0.3) is 0 Å². The van der Waals surface area contributed by atoms with E-state index in [1.54, 1.807) is 6.20 Å². The van der Waals surface area contributed by atoms with Crippen molar-refractivity contribution in [3.05, 3.63) is 18.1 Å². The van der Waals surface area contributed by atoms with E-state index in [0.29, 0.717) is 12.1 Å². The average molecular weight is 292 g/mol. The van der Waals surface area contributed by atoms with Crippen LogP contribution in [0.1, 0.15) is 43.7 Å². The minimum atomic E-state index is -0.503. The molecule has 0 amide bonds. The third-order valence-corrected chi connectivity index (χ3v) is 3.76. The summed E-state index contributed by atoms with van der Waals surface area (Å²) >= 11 is 0. The van der Waals surface area contributed by atoms with Gasteiger partial charge in [-0.25, -0.2) is 14.8 Å². The number of anilines is 1. The van der Waals surface area contributed by atoms with E-state index >= 15 is 0 Å². The summed E-state index contributed by atoms with van der Waals surface area (Å²) in [6, 6.07) is 2.61. The van der Waals surface area contributed by atoms with Crippen molar-refractivity contribution in [2.75, 3.05) is 25.1 Å². The topological polar surface area (TPSA) is 67.3 Å². The Morgan fingerprint density at radius 1 is 1.52 bits per heavy atom. The first kappa shape index (κ1) is 15.7. The van der Waals surface area contributed by atoms with Crippen molar-refractivity contribution in [3.8, 4) is 0 Å². The molecule has 0 spiro atoms. The predicted molar refractivity (Wildman–Crippen MR) is 81.5 cm³/mol. The molecule has 2 rings (SSSR count). The Labute approximate surface area is 125 Å². The largest absolute Gasteiger partial charge is 0.463 e. The molecule has 1 aliphatic heterocycles. The summed E-state index contributed by atoms with van der Waals surface area (Å²) in [5, 5.41) is 3.55. The molecule has 1 unspecified atom stereocenters. The molecular formula is C15H24N4O2. The third-order valence-electron chi connectivity index (χ3n) is 3.76. The first-order valence-electron chi connectivity index (χ1n) is 7.53. The maximum atomic E-state index is 11.6. The van der Waals surface area contributed by atoms with E-state index in [4.69, 9.17) is 0 Å². The van der Waals surface area contributed by atoms with E-state index in [1.807, 2.05) is 6.07 Å². The van der Waals surface area contributed by atoms with Crippen molar-refractivity contribution in [1.82, 2.24) is 15.3 Å². The Hall–Kier alpha value is -1.69. The van der Waals surface area contributed by atoms with Crippen LogP contribution >= 0.6 is 0 Å². The van der Waals surface area contributed by atoms with Crippen LogP contribution in [0.2, 0.25) is 0 Å². The molecule has 1 aliphatic rings. The molecule has 1 fully saturated rings. The highest BCUT2D eigenvalue weighted by Crippen LogP contribution is 2.17. The standard InChI is InChI=1S/C15H24N4O2/c1-11(2)19(10-12-6-4-5-8-16-12)13-7-9-17-14(18-13)15(20)21-3/h7,9,11-12,16H,4-6,8,10H2,1-3H3. The molecule has 0 saturated carbocycles. The van der Waals surface area contributed by atoms with Crippen LogP contribution < -0.4 is 10.2 Å². The summed E-state index contributed by atoms with van der Waals surface area (Å²) in [6.07, 6.45) is 5.30. The Morgan fingerprint density at radius 2 is 2.33 bits per heavy atom. The lowest BCUT2D eigenvalue weighted by Gasteiger charge is -2.34. The quantitative estimate of drug-likeness (QED) is 0.832. The smallest absolute Gasteiger partial charge is 0.376 e. The van der Waals surface area contributed by atoms with Gasteiger partial charge in [-0.05, 0) is 39.3 Å². The number of carbonyl (C=O) groups is 1. The lowest BCUT2D eigenvalue weighted by Crippen LogP contribution is -2.46. The van der Waals surface area contributed by atoms with Gasteiger partial charge < -0.3 is 15.0 Å². The molecule has 0 radical (unpaired) electrons. The molecule has 2 heterocycles. The van der Waals surface area contributed by atoms with Gasteiger partial charge in [0.05, 0.1) is 7.11 Å². The van der Waals surface area contributed by atoms with Crippen molar-refractivity contribution < 1.29 is 9.53 Å². The lowest BCUT2D eigenvalue weighted by molar-refractivity contribution is 0.0586.